The molecule has 10 nitrogen and oxygen atoms in total. The molecule has 0 spiro atoms. The zero-order valence-electron chi connectivity index (χ0n) is 23.1. The predicted octanol–water partition coefficient (Wildman–Crippen LogP) is 4.58. The summed E-state index contributed by atoms with van der Waals surface area (Å²) in [5.74, 6) is 1.31. The summed E-state index contributed by atoms with van der Waals surface area (Å²) in [6.45, 7) is 4.68. The van der Waals surface area contributed by atoms with Gasteiger partial charge in [-0.15, -0.1) is 0 Å². The zero-order valence-corrected chi connectivity index (χ0v) is 23.9. The first-order chi connectivity index (χ1) is 20.4. The summed E-state index contributed by atoms with van der Waals surface area (Å²) in [7, 11) is 0. The number of nitrogens with one attached hydrogen (secondary N) is 2. The number of fused-ring (bicyclic) bond motifs is 4. The minimum Gasteiger partial charge on any atom is -0.454 e. The average Bonchev–Trinajstić information content (AvgIpc) is 3.59. The van der Waals surface area contributed by atoms with Gasteiger partial charge in [0.15, 0.2) is 16.7 Å². The van der Waals surface area contributed by atoms with Crippen LogP contribution in [0.4, 0.5) is 11.4 Å². The molecule has 0 saturated heterocycles. The minimum absolute atomic E-state index is 0.0463. The molecule has 214 valence electrons. The number of amidine groups is 2. The molecular weight excluding hydrogens is 554 g/mol. The molecule has 3 amide bonds. The molecule has 3 aromatic rings. The third kappa shape index (κ3) is 5.73. The first-order valence-corrected chi connectivity index (χ1v) is 14.6. The molecule has 0 radical (unpaired) electrons. The van der Waals surface area contributed by atoms with E-state index >= 15 is 0 Å². The summed E-state index contributed by atoms with van der Waals surface area (Å²) in [6.07, 6.45) is -0.115. The summed E-state index contributed by atoms with van der Waals surface area (Å²) in [4.78, 5) is 49.9. The largest absolute Gasteiger partial charge is 0.454 e. The Morgan fingerprint density at radius 2 is 1.81 bits per heavy atom. The van der Waals surface area contributed by atoms with Crippen LogP contribution in [0.3, 0.4) is 0 Å². The van der Waals surface area contributed by atoms with Crippen molar-refractivity contribution in [3.05, 3.63) is 83.4 Å². The summed E-state index contributed by atoms with van der Waals surface area (Å²) in [5.41, 5.74) is 4.09. The molecule has 11 heteroatoms. The SMILES string of the molecule is CC(C)c1ccc(NC(=O)CSC2=Nc3ccccc3C3=NC(CC(=O)NCc4ccc5c(c4)OCO5)C(=O)N23)cc1. The summed E-state index contributed by atoms with van der Waals surface area (Å²) in [5, 5.41) is 6.11. The number of aliphatic imine (C=N–C) groups is 2. The fourth-order valence-electron chi connectivity index (χ4n) is 4.81. The van der Waals surface area contributed by atoms with Crippen molar-refractivity contribution in [1.29, 1.82) is 0 Å². The lowest BCUT2D eigenvalue weighted by molar-refractivity contribution is -0.128. The second-order valence-corrected chi connectivity index (χ2v) is 11.3. The Hall–Kier alpha value is -4.64. The predicted molar refractivity (Wildman–Crippen MR) is 161 cm³/mol. The molecule has 0 aromatic heterocycles. The number of hydrogen-bond donors (Lipinski definition) is 2. The standard InChI is InChI=1S/C31H29N5O5S/c1-18(2)20-8-10-21(11-9-20)33-28(38)16-42-31-35-23-6-4-3-5-22(23)29-34-24(30(39)36(29)31)14-27(37)32-15-19-7-12-25-26(13-19)41-17-40-25/h3-13,18,24H,14-17H2,1-2H3,(H,32,37)(H,33,38). The highest BCUT2D eigenvalue weighted by atomic mass is 32.2. The molecule has 42 heavy (non-hydrogen) atoms. The molecule has 2 N–H and O–H groups in total. The number of hydrogen-bond acceptors (Lipinski definition) is 8. The highest BCUT2D eigenvalue weighted by Crippen LogP contribution is 2.35. The van der Waals surface area contributed by atoms with E-state index in [0.29, 0.717) is 45.4 Å². The number of para-hydroxylation sites is 1. The third-order valence-corrected chi connectivity index (χ3v) is 7.99. The number of ether oxygens (including phenoxy) is 2. The third-order valence-electron chi connectivity index (χ3n) is 7.05. The summed E-state index contributed by atoms with van der Waals surface area (Å²) >= 11 is 1.15. The normalized spacial score (nSPS) is 16.5. The van der Waals surface area contributed by atoms with Crippen LogP contribution >= 0.6 is 11.8 Å². The Morgan fingerprint density at radius 1 is 1.02 bits per heavy atom. The Morgan fingerprint density at radius 3 is 2.62 bits per heavy atom. The maximum Gasteiger partial charge on any atom is 0.259 e. The molecule has 1 atom stereocenters. The van der Waals surface area contributed by atoms with E-state index < -0.39 is 6.04 Å². The fourth-order valence-corrected chi connectivity index (χ4v) is 5.61. The van der Waals surface area contributed by atoms with Crippen LogP contribution in [-0.2, 0) is 20.9 Å². The zero-order chi connectivity index (χ0) is 29.2. The number of anilines is 1. The van der Waals surface area contributed by atoms with Crippen LogP contribution < -0.4 is 20.1 Å². The Bertz CT molecular complexity index is 1620. The molecular formula is C31H29N5O5S. The van der Waals surface area contributed by atoms with Gasteiger partial charge in [0.1, 0.15) is 11.9 Å². The van der Waals surface area contributed by atoms with E-state index in [0.717, 1.165) is 17.3 Å². The molecule has 0 bridgehead atoms. The number of benzene rings is 3. The van der Waals surface area contributed by atoms with Crippen molar-refractivity contribution in [1.82, 2.24) is 10.2 Å². The first-order valence-electron chi connectivity index (χ1n) is 13.6. The number of carbonyl (C=O) groups excluding carboxylic acids is 3. The summed E-state index contributed by atoms with van der Waals surface area (Å²) in [6, 6.07) is 19.7. The van der Waals surface area contributed by atoms with Crippen LogP contribution in [0, 0.1) is 0 Å². The Labute approximate surface area is 247 Å². The van der Waals surface area contributed by atoms with Crippen molar-refractivity contribution >= 4 is 51.9 Å². The molecule has 0 fully saturated rings. The molecule has 3 aliphatic rings. The van der Waals surface area contributed by atoms with E-state index in [-0.39, 0.29) is 43.2 Å². The van der Waals surface area contributed by atoms with E-state index in [4.69, 9.17) is 9.47 Å². The highest BCUT2D eigenvalue weighted by molar-refractivity contribution is 8.14. The van der Waals surface area contributed by atoms with Crippen molar-refractivity contribution in [2.24, 2.45) is 9.98 Å². The van der Waals surface area contributed by atoms with E-state index in [9.17, 15) is 14.4 Å². The second kappa shape index (κ2) is 11.7. The van der Waals surface area contributed by atoms with Crippen molar-refractivity contribution in [3.8, 4) is 11.5 Å². The molecule has 3 aliphatic heterocycles. The van der Waals surface area contributed by atoms with Crippen LogP contribution in [0.5, 0.6) is 11.5 Å². The smallest absolute Gasteiger partial charge is 0.259 e. The molecule has 3 aromatic carbocycles. The monoisotopic (exact) mass is 583 g/mol. The van der Waals surface area contributed by atoms with Crippen molar-refractivity contribution in [3.63, 3.8) is 0 Å². The van der Waals surface area contributed by atoms with Gasteiger partial charge in [-0.25, -0.2) is 9.89 Å². The molecule has 0 aliphatic carbocycles. The Kier molecular flexibility index (Phi) is 7.66. The molecule has 3 heterocycles. The van der Waals surface area contributed by atoms with E-state index in [2.05, 4.69) is 34.5 Å². The molecule has 0 saturated carbocycles. The van der Waals surface area contributed by atoms with Gasteiger partial charge in [-0.1, -0.05) is 55.9 Å². The van der Waals surface area contributed by atoms with Gasteiger partial charge < -0.3 is 20.1 Å². The van der Waals surface area contributed by atoms with Gasteiger partial charge in [-0.3, -0.25) is 19.4 Å². The van der Waals surface area contributed by atoms with E-state index in [1.165, 1.54) is 10.5 Å². The van der Waals surface area contributed by atoms with Gasteiger partial charge in [-0.2, -0.15) is 0 Å². The van der Waals surface area contributed by atoms with Crippen molar-refractivity contribution in [2.75, 3.05) is 17.9 Å². The topological polar surface area (TPSA) is 122 Å². The number of rotatable bonds is 8. The minimum atomic E-state index is -0.901. The van der Waals surface area contributed by atoms with Crippen LogP contribution in [-0.4, -0.2) is 52.2 Å². The van der Waals surface area contributed by atoms with Gasteiger partial charge in [0.25, 0.3) is 5.91 Å². The second-order valence-electron chi connectivity index (χ2n) is 10.3. The average molecular weight is 584 g/mol. The van der Waals surface area contributed by atoms with Crippen molar-refractivity contribution in [2.45, 2.75) is 38.8 Å². The van der Waals surface area contributed by atoms with E-state index in [1.54, 1.807) is 6.07 Å². The van der Waals surface area contributed by atoms with Crippen LogP contribution in [0.15, 0.2) is 76.7 Å². The highest BCUT2D eigenvalue weighted by Gasteiger charge is 2.42. The van der Waals surface area contributed by atoms with Crippen molar-refractivity contribution < 1.29 is 23.9 Å². The number of thioether (sulfide) groups is 1. The Balaban J connectivity index is 1.11. The first kappa shape index (κ1) is 27.5. The number of amides is 3. The van der Waals surface area contributed by atoms with Crippen LogP contribution in [0.2, 0.25) is 0 Å². The fraction of sp³-hybridized carbons (Fsp3) is 0.258. The maximum absolute atomic E-state index is 13.5. The van der Waals surface area contributed by atoms with Gasteiger partial charge in [0.2, 0.25) is 18.6 Å². The molecule has 6 rings (SSSR count). The van der Waals surface area contributed by atoms with Gasteiger partial charge in [0.05, 0.1) is 17.9 Å². The maximum atomic E-state index is 13.5. The lowest BCUT2D eigenvalue weighted by atomic mass is 10.0. The lowest BCUT2D eigenvalue weighted by Crippen LogP contribution is -2.42. The number of carbonyl (C=O) groups is 3. The van der Waals surface area contributed by atoms with Crippen LogP contribution in [0.1, 0.15) is 42.9 Å². The summed E-state index contributed by atoms with van der Waals surface area (Å²) < 4.78 is 10.7. The molecule has 1 unspecified atom stereocenters. The van der Waals surface area contributed by atoms with E-state index in [1.807, 2.05) is 60.7 Å². The van der Waals surface area contributed by atoms with Gasteiger partial charge in [-0.05, 0) is 53.4 Å². The number of nitrogens with zero attached hydrogens (tertiary/aromatic N) is 3. The quantitative estimate of drug-likeness (QED) is 0.401. The lowest BCUT2D eigenvalue weighted by Gasteiger charge is -2.25. The van der Waals surface area contributed by atoms with Crippen LogP contribution in [0.25, 0.3) is 0 Å². The van der Waals surface area contributed by atoms with Gasteiger partial charge in [0, 0.05) is 17.8 Å². The van der Waals surface area contributed by atoms with Gasteiger partial charge >= 0.3 is 0 Å².